The average Bonchev–Trinajstić information content (AvgIpc) is 3.23. The predicted octanol–water partition coefficient (Wildman–Crippen LogP) is 2.82. The van der Waals surface area contributed by atoms with E-state index in [1.165, 1.54) is 12.4 Å². The number of ketones is 1. The van der Waals surface area contributed by atoms with Gasteiger partial charge in [0.05, 0.1) is 17.3 Å². The Kier molecular flexibility index (Phi) is 6.48. The standard InChI is InChI=1S/C26H35NO7/c1-15-8-10-24(3,4)19-9-11-25(5,34-19)23(30)26(31)21(16(2)13-18(33-26)20(15)28)32-22(29)17-7-6-12-27-14-17/h6-8,10,12,14-16,18-19,21,23,30-31H,9,11,13H2,1-5H3/b10-8+/t15-,16+,18+,19-,21+,23-,25+,26-/m0/s1. The quantitative estimate of drug-likeness (QED) is 0.498. The van der Waals surface area contributed by atoms with Crippen molar-refractivity contribution in [3.05, 3.63) is 42.2 Å². The van der Waals surface area contributed by atoms with Gasteiger partial charge in [0.25, 0.3) is 0 Å². The number of hydrogen-bond donors (Lipinski definition) is 2. The summed E-state index contributed by atoms with van der Waals surface area (Å²) in [5.41, 5.74) is -1.34. The van der Waals surface area contributed by atoms with Gasteiger partial charge in [-0.1, -0.05) is 39.8 Å². The zero-order valence-corrected chi connectivity index (χ0v) is 20.4. The fourth-order valence-electron chi connectivity index (χ4n) is 5.38. The summed E-state index contributed by atoms with van der Waals surface area (Å²) in [6.45, 7) is 9.35. The molecule has 0 amide bonds. The van der Waals surface area contributed by atoms with Crippen molar-refractivity contribution >= 4 is 11.8 Å². The number of rotatable bonds is 2. The molecule has 1 aromatic heterocycles. The number of carbonyl (C=O) groups excluding carboxylic acids is 2. The van der Waals surface area contributed by atoms with Gasteiger partial charge in [-0.05, 0) is 38.3 Å². The highest BCUT2D eigenvalue weighted by Crippen LogP contribution is 2.48. The highest BCUT2D eigenvalue weighted by molar-refractivity contribution is 5.89. The van der Waals surface area contributed by atoms with E-state index in [-0.39, 0.29) is 29.3 Å². The molecule has 0 radical (unpaired) electrons. The summed E-state index contributed by atoms with van der Waals surface area (Å²) in [4.78, 5) is 30.1. The molecule has 2 fully saturated rings. The molecule has 0 unspecified atom stereocenters. The number of pyridine rings is 1. The van der Waals surface area contributed by atoms with Crippen molar-refractivity contribution < 1.29 is 34.0 Å². The number of nitrogens with zero attached hydrogens (tertiary/aromatic N) is 1. The molecule has 0 aliphatic carbocycles. The van der Waals surface area contributed by atoms with E-state index in [0.29, 0.717) is 12.8 Å². The number of aliphatic hydroxyl groups is 2. The number of aliphatic hydroxyl groups excluding tert-OH is 1. The van der Waals surface area contributed by atoms with Gasteiger partial charge in [-0.2, -0.15) is 0 Å². The summed E-state index contributed by atoms with van der Waals surface area (Å²) in [5.74, 6) is -4.16. The van der Waals surface area contributed by atoms with E-state index in [2.05, 4.69) is 4.98 Å². The van der Waals surface area contributed by atoms with Gasteiger partial charge in [0.1, 0.15) is 12.2 Å². The second-order valence-electron chi connectivity index (χ2n) is 10.9. The summed E-state index contributed by atoms with van der Waals surface area (Å²) in [6, 6.07) is 3.16. The number of aromatic nitrogens is 1. The lowest BCUT2D eigenvalue weighted by molar-refractivity contribution is -0.362. The van der Waals surface area contributed by atoms with Crippen molar-refractivity contribution in [3.63, 3.8) is 0 Å². The number of fused-ring (bicyclic) bond motifs is 4. The van der Waals surface area contributed by atoms with E-state index < -0.39 is 47.5 Å². The summed E-state index contributed by atoms with van der Waals surface area (Å²) >= 11 is 0. The molecule has 8 atom stereocenters. The van der Waals surface area contributed by atoms with Gasteiger partial charge >= 0.3 is 5.97 Å². The Hall–Kier alpha value is -2.13. The minimum atomic E-state index is -2.34. The number of allylic oxidation sites excluding steroid dienone is 1. The molecule has 186 valence electrons. The largest absolute Gasteiger partial charge is 0.453 e. The van der Waals surface area contributed by atoms with Crippen LogP contribution in [0.4, 0.5) is 0 Å². The molecule has 1 aromatic rings. The lowest BCUT2D eigenvalue weighted by atomic mass is 9.78. The molecule has 3 aliphatic heterocycles. The third-order valence-electron chi connectivity index (χ3n) is 7.67. The van der Waals surface area contributed by atoms with Gasteiger partial charge in [0, 0.05) is 29.6 Å². The van der Waals surface area contributed by atoms with Crippen LogP contribution in [0.3, 0.4) is 0 Å². The highest BCUT2D eigenvalue weighted by Gasteiger charge is 2.62. The number of carbonyl (C=O) groups is 2. The van der Waals surface area contributed by atoms with Gasteiger partial charge in [0.2, 0.25) is 5.79 Å². The van der Waals surface area contributed by atoms with Crippen molar-refractivity contribution in [1.82, 2.24) is 4.98 Å². The second kappa shape index (κ2) is 8.82. The molecule has 4 rings (SSSR count). The molecule has 34 heavy (non-hydrogen) atoms. The Labute approximate surface area is 200 Å². The van der Waals surface area contributed by atoms with Crippen LogP contribution in [0.2, 0.25) is 0 Å². The molecule has 8 heteroatoms. The van der Waals surface area contributed by atoms with Crippen molar-refractivity contribution in [2.75, 3.05) is 0 Å². The van der Waals surface area contributed by atoms with Crippen LogP contribution in [-0.4, -0.2) is 62.8 Å². The molecular weight excluding hydrogens is 438 g/mol. The number of esters is 1. The number of ether oxygens (including phenoxy) is 3. The second-order valence-corrected chi connectivity index (χ2v) is 10.9. The Balaban J connectivity index is 1.74. The first-order valence-electron chi connectivity index (χ1n) is 12.0. The first-order chi connectivity index (χ1) is 15.9. The summed E-state index contributed by atoms with van der Waals surface area (Å²) < 4.78 is 18.1. The monoisotopic (exact) mass is 473 g/mol. The normalized spacial score (nSPS) is 42.9. The Morgan fingerprint density at radius 3 is 2.65 bits per heavy atom. The zero-order valence-electron chi connectivity index (χ0n) is 20.4. The van der Waals surface area contributed by atoms with E-state index in [1.54, 1.807) is 32.9 Å². The van der Waals surface area contributed by atoms with Crippen LogP contribution >= 0.6 is 0 Å². The number of hydrogen-bond acceptors (Lipinski definition) is 8. The van der Waals surface area contributed by atoms with E-state index in [1.807, 2.05) is 26.0 Å². The fraction of sp³-hybridized carbons (Fsp3) is 0.654. The Morgan fingerprint density at radius 2 is 1.97 bits per heavy atom. The van der Waals surface area contributed by atoms with Crippen molar-refractivity contribution in [1.29, 1.82) is 0 Å². The van der Waals surface area contributed by atoms with Crippen LogP contribution < -0.4 is 0 Å². The van der Waals surface area contributed by atoms with Gasteiger partial charge in [0.15, 0.2) is 11.9 Å². The minimum Gasteiger partial charge on any atom is -0.453 e. The van der Waals surface area contributed by atoms with Crippen molar-refractivity contribution in [3.8, 4) is 0 Å². The smallest absolute Gasteiger partial charge is 0.340 e. The molecule has 3 aliphatic rings. The molecular formula is C26H35NO7. The first kappa shape index (κ1) is 25.0. The molecule has 2 N–H and O–H groups in total. The molecule has 2 saturated heterocycles. The van der Waals surface area contributed by atoms with Crippen LogP contribution in [0.5, 0.6) is 0 Å². The van der Waals surface area contributed by atoms with Crippen molar-refractivity contribution in [2.24, 2.45) is 17.3 Å². The van der Waals surface area contributed by atoms with Crippen LogP contribution in [0, 0.1) is 17.3 Å². The summed E-state index contributed by atoms with van der Waals surface area (Å²) in [6.07, 6.45) is 4.13. The van der Waals surface area contributed by atoms with Gasteiger partial charge in [-0.3, -0.25) is 9.78 Å². The third-order valence-corrected chi connectivity index (χ3v) is 7.67. The molecule has 0 saturated carbocycles. The molecule has 8 nitrogen and oxygen atoms in total. The van der Waals surface area contributed by atoms with Crippen LogP contribution in [-0.2, 0) is 19.0 Å². The van der Waals surface area contributed by atoms with Crippen LogP contribution in [0.25, 0.3) is 0 Å². The van der Waals surface area contributed by atoms with Gasteiger partial charge in [-0.15, -0.1) is 0 Å². The average molecular weight is 474 g/mol. The fourth-order valence-corrected chi connectivity index (χ4v) is 5.38. The maximum Gasteiger partial charge on any atom is 0.340 e. The van der Waals surface area contributed by atoms with E-state index >= 15 is 0 Å². The highest BCUT2D eigenvalue weighted by atomic mass is 16.7. The van der Waals surface area contributed by atoms with Gasteiger partial charge in [-0.25, -0.2) is 4.79 Å². The first-order valence-corrected chi connectivity index (χ1v) is 12.0. The van der Waals surface area contributed by atoms with Crippen LogP contribution in [0.15, 0.2) is 36.7 Å². The lowest BCUT2D eigenvalue weighted by Gasteiger charge is -2.51. The predicted molar refractivity (Wildman–Crippen MR) is 123 cm³/mol. The molecule has 0 aromatic carbocycles. The minimum absolute atomic E-state index is 0.194. The topological polar surface area (TPSA) is 115 Å². The lowest BCUT2D eigenvalue weighted by Crippen LogP contribution is -2.69. The third kappa shape index (κ3) is 4.33. The van der Waals surface area contributed by atoms with E-state index in [0.717, 1.165) is 0 Å². The van der Waals surface area contributed by atoms with Gasteiger partial charge < -0.3 is 24.4 Å². The molecule has 4 bridgehead atoms. The summed E-state index contributed by atoms with van der Waals surface area (Å²) in [7, 11) is 0. The zero-order chi connectivity index (χ0) is 24.9. The Bertz CT molecular complexity index is 963. The summed E-state index contributed by atoms with van der Waals surface area (Å²) in [5, 5.41) is 23.5. The Morgan fingerprint density at radius 1 is 1.24 bits per heavy atom. The van der Waals surface area contributed by atoms with Crippen LogP contribution in [0.1, 0.15) is 64.2 Å². The SMILES string of the molecule is C[C@@H]1C[C@H]2O[C@@](O)([C@@H]1OC(=O)c1cccnc1)[C@@H](O)[C@@]1(C)CC[C@H](O1)C(C)(C)/C=C/[C@H](C)C2=O. The number of Topliss-reactive ketones (excluding diaryl/α,β-unsaturated/α-hetero) is 1. The molecule has 0 spiro atoms. The van der Waals surface area contributed by atoms with E-state index in [4.69, 9.17) is 14.2 Å². The van der Waals surface area contributed by atoms with E-state index in [9.17, 15) is 19.8 Å². The maximum absolute atomic E-state index is 13.3. The molecule has 4 heterocycles. The van der Waals surface area contributed by atoms with Crippen molar-refractivity contribution in [2.45, 2.75) is 89.7 Å². The maximum atomic E-state index is 13.3.